The Morgan fingerprint density at radius 3 is 2.30 bits per heavy atom. The molecule has 10 heavy (non-hydrogen) atoms. The molecule has 1 saturated heterocycles. The molecule has 3 N–H and O–H groups in total. The number of rotatable bonds is 0. The molecule has 0 aromatic carbocycles. The van der Waals surface area contributed by atoms with Crippen molar-refractivity contribution < 1.29 is 20.1 Å². The van der Waals surface area contributed by atoms with Crippen LogP contribution >= 0.6 is 0 Å². The van der Waals surface area contributed by atoms with Crippen LogP contribution in [0.15, 0.2) is 0 Å². The Labute approximate surface area is 59.1 Å². The fourth-order valence-corrected chi connectivity index (χ4v) is 0.953. The van der Waals surface area contributed by atoms with Crippen molar-refractivity contribution in [3.05, 3.63) is 0 Å². The summed E-state index contributed by atoms with van der Waals surface area (Å²) >= 11 is 0. The number of hydrogen-bond acceptors (Lipinski definition) is 4. The summed E-state index contributed by atoms with van der Waals surface area (Å²) in [5.41, 5.74) is 0. The summed E-state index contributed by atoms with van der Waals surface area (Å²) in [7, 11) is 0. The molecule has 4 nitrogen and oxygen atoms in total. The van der Waals surface area contributed by atoms with Gasteiger partial charge in [0.2, 0.25) is 0 Å². The van der Waals surface area contributed by atoms with E-state index in [-0.39, 0.29) is 6.61 Å². The first kappa shape index (κ1) is 7.94. The van der Waals surface area contributed by atoms with Gasteiger partial charge in [-0.3, -0.25) is 0 Å². The van der Waals surface area contributed by atoms with Gasteiger partial charge in [-0.05, 0) is 6.92 Å². The van der Waals surface area contributed by atoms with E-state index in [0.29, 0.717) is 0 Å². The molecule has 0 aliphatic carbocycles. The first-order chi connectivity index (χ1) is 4.63. The molecule has 0 bridgehead atoms. The average Bonchev–Trinajstić information content (AvgIpc) is 1.93. The van der Waals surface area contributed by atoms with Crippen molar-refractivity contribution in [3.63, 3.8) is 0 Å². The maximum atomic E-state index is 9.08. The smallest absolute Gasteiger partial charge is 0.110 e. The van der Waals surface area contributed by atoms with E-state index in [9.17, 15) is 0 Å². The molecule has 60 valence electrons. The van der Waals surface area contributed by atoms with Gasteiger partial charge in [-0.1, -0.05) is 0 Å². The van der Waals surface area contributed by atoms with Crippen LogP contribution in [0.2, 0.25) is 0 Å². The zero-order valence-corrected chi connectivity index (χ0v) is 5.77. The summed E-state index contributed by atoms with van der Waals surface area (Å²) in [5.74, 6) is 0. The summed E-state index contributed by atoms with van der Waals surface area (Å²) in [6.45, 7) is 1.75. The lowest BCUT2D eigenvalue weighted by Crippen LogP contribution is -2.51. The number of aliphatic hydroxyl groups is 3. The SMILES string of the molecule is C[C@@H]1OC[C@H](O)[C@@H](O)[C@@H]1O. The third kappa shape index (κ3) is 1.29. The first-order valence-corrected chi connectivity index (χ1v) is 3.28. The van der Waals surface area contributed by atoms with E-state index in [4.69, 9.17) is 20.1 Å². The van der Waals surface area contributed by atoms with Crippen LogP contribution < -0.4 is 0 Å². The van der Waals surface area contributed by atoms with Gasteiger partial charge in [-0.15, -0.1) is 0 Å². The highest BCUT2D eigenvalue weighted by Gasteiger charge is 2.34. The van der Waals surface area contributed by atoms with E-state index in [1.54, 1.807) is 6.92 Å². The summed E-state index contributed by atoms with van der Waals surface area (Å²) in [5, 5.41) is 27.0. The van der Waals surface area contributed by atoms with Crippen molar-refractivity contribution in [1.82, 2.24) is 0 Å². The molecule has 0 amide bonds. The van der Waals surface area contributed by atoms with Gasteiger partial charge in [0, 0.05) is 0 Å². The minimum atomic E-state index is -1.07. The summed E-state index contributed by atoms with van der Waals surface area (Å²) in [6.07, 6.45) is -3.38. The molecule has 1 heterocycles. The molecule has 0 aromatic rings. The van der Waals surface area contributed by atoms with Crippen LogP contribution in [0.25, 0.3) is 0 Å². The minimum absolute atomic E-state index is 0.0966. The van der Waals surface area contributed by atoms with Crippen LogP contribution in [0, 0.1) is 0 Å². The van der Waals surface area contributed by atoms with Gasteiger partial charge in [0.1, 0.15) is 18.3 Å². The van der Waals surface area contributed by atoms with Crippen molar-refractivity contribution in [2.75, 3.05) is 6.61 Å². The van der Waals surface area contributed by atoms with E-state index in [2.05, 4.69) is 0 Å². The Morgan fingerprint density at radius 2 is 1.80 bits per heavy atom. The first-order valence-electron chi connectivity index (χ1n) is 3.28. The molecular weight excluding hydrogens is 136 g/mol. The topological polar surface area (TPSA) is 69.9 Å². The van der Waals surface area contributed by atoms with Gasteiger partial charge in [0.25, 0.3) is 0 Å². The lowest BCUT2D eigenvalue weighted by Gasteiger charge is -2.33. The number of ether oxygens (including phenoxy) is 1. The third-order valence-electron chi connectivity index (χ3n) is 1.75. The highest BCUT2D eigenvalue weighted by molar-refractivity contribution is 4.83. The fraction of sp³-hybridized carbons (Fsp3) is 1.00. The van der Waals surface area contributed by atoms with Crippen molar-refractivity contribution >= 4 is 0 Å². The van der Waals surface area contributed by atoms with Gasteiger partial charge in [-0.2, -0.15) is 0 Å². The van der Waals surface area contributed by atoms with E-state index in [1.807, 2.05) is 0 Å². The van der Waals surface area contributed by atoms with E-state index in [1.165, 1.54) is 0 Å². The highest BCUT2D eigenvalue weighted by atomic mass is 16.5. The van der Waals surface area contributed by atoms with E-state index >= 15 is 0 Å². The van der Waals surface area contributed by atoms with Crippen LogP contribution in [0.4, 0.5) is 0 Å². The molecule has 1 rings (SSSR count). The molecule has 4 heteroatoms. The number of hydrogen-bond donors (Lipinski definition) is 3. The Balaban J connectivity index is 2.52. The molecule has 0 spiro atoms. The second-order valence-corrected chi connectivity index (χ2v) is 2.59. The molecule has 0 aromatic heterocycles. The third-order valence-corrected chi connectivity index (χ3v) is 1.75. The maximum Gasteiger partial charge on any atom is 0.110 e. The van der Waals surface area contributed by atoms with Gasteiger partial charge >= 0.3 is 0 Å². The summed E-state index contributed by atoms with van der Waals surface area (Å²) < 4.78 is 4.91. The van der Waals surface area contributed by atoms with Crippen molar-refractivity contribution in [2.45, 2.75) is 31.3 Å². The molecular formula is C6H12O4. The van der Waals surface area contributed by atoms with Gasteiger partial charge < -0.3 is 20.1 Å². The van der Waals surface area contributed by atoms with Crippen LogP contribution in [-0.4, -0.2) is 46.3 Å². The van der Waals surface area contributed by atoms with E-state index in [0.717, 1.165) is 0 Å². The molecule has 0 unspecified atom stereocenters. The van der Waals surface area contributed by atoms with Gasteiger partial charge in [-0.25, -0.2) is 0 Å². The molecule has 1 aliphatic heterocycles. The predicted octanol–water partition coefficient (Wildman–Crippen LogP) is -1.51. The van der Waals surface area contributed by atoms with Gasteiger partial charge in [0.05, 0.1) is 12.7 Å². The van der Waals surface area contributed by atoms with Gasteiger partial charge in [0.15, 0.2) is 0 Å². The fourth-order valence-electron chi connectivity index (χ4n) is 0.953. The Bertz CT molecular complexity index is 102. The standard InChI is InChI=1S/C6H12O4/c1-3-5(8)6(9)4(7)2-10-3/h3-9H,2H2,1H3/t3-,4-,5+,6+/m0/s1. The summed E-state index contributed by atoms with van der Waals surface area (Å²) in [6, 6.07) is 0. The zero-order chi connectivity index (χ0) is 7.72. The predicted molar refractivity (Wildman–Crippen MR) is 33.4 cm³/mol. The molecule has 0 saturated carbocycles. The monoisotopic (exact) mass is 148 g/mol. The average molecular weight is 148 g/mol. The van der Waals surface area contributed by atoms with E-state index < -0.39 is 24.4 Å². The molecule has 1 fully saturated rings. The zero-order valence-electron chi connectivity index (χ0n) is 5.77. The van der Waals surface area contributed by atoms with Crippen LogP contribution in [-0.2, 0) is 4.74 Å². The molecule has 1 aliphatic rings. The van der Waals surface area contributed by atoms with Crippen LogP contribution in [0.3, 0.4) is 0 Å². The minimum Gasteiger partial charge on any atom is -0.388 e. The lowest BCUT2D eigenvalue weighted by atomic mass is 10.0. The van der Waals surface area contributed by atoms with Crippen molar-refractivity contribution in [1.29, 1.82) is 0 Å². The van der Waals surface area contributed by atoms with Crippen molar-refractivity contribution in [3.8, 4) is 0 Å². The maximum absolute atomic E-state index is 9.08. The van der Waals surface area contributed by atoms with Crippen LogP contribution in [0.1, 0.15) is 6.92 Å². The lowest BCUT2D eigenvalue weighted by molar-refractivity contribution is -0.181. The quantitative estimate of drug-likeness (QED) is 0.390. The Kier molecular flexibility index (Phi) is 2.25. The molecule has 4 atom stereocenters. The second-order valence-electron chi connectivity index (χ2n) is 2.59. The summed E-state index contributed by atoms with van der Waals surface area (Å²) in [4.78, 5) is 0. The molecule has 0 radical (unpaired) electrons. The largest absolute Gasteiger partial charge is 0.388 e. The van der Waals surface area contributed by atoms with Crippen molar-refractivity contribution in [2.24, 2.45) is 0 Å². The Morgan fingerprint density at radius 1 is 1.20 bits per heavy atom. The highest BCUT2D eigenvalue weighted by Crippen LogP contribution is 2.14. The van der Waals surface area contributed by atoms with Crippen LogP contribution in [0.5, 0.6) is 0 Å². The Hall–Kier alpha value is -0.160. The normalized spacial score (nSPS) is 49.2. The second kappa shape index (κ2) is 2.84. The number of aliphatic hydroxyl groups excluding tert-OH is 3.